The number of nitrogens with zero attached hydrogens (tertiary/aromatic N) is 3. The molecule has 154 valence electrons. The molecule has 10 heteroatoms. The van der Waals surface area contributed by atoms with Crippen LogP contribution in [0, 0.1) is 5.92 Å². The van der Waals surface area contributed by atoms with E-state index in [-0.39, 0.29) is 24.5 Å². The van der Waals surface area contributed by atoms with Crippen LogP contribution in [-0.2, 0) is 14.8 Å². The van der Waals surface area contributed by atoms with Crippen LogP contribution in [0.15, 0.2) is 21.7 Å². The Morgan fingerprint density at radius 1 is 1.21 bits per heavy atom. The molecule has 0 aromatic carbocycles. The Labute approximate surface area is 169 Å². The van der Waals surface area contributed by atoms with Crippen molar-refractivity contribution in [3.05, 3.63) is 17.5 Å². The lowest BCUT2D eigenvalue weighted by molar-refractivity contribution is -0.135. The number of sulfonamides is 1. The van der Waals surface area contributed by atoms with Crippen molar-refractivity contribution in [2.75, 3.05) is 32.8 Å². The van der Waals surface area contributed by atoms with E-state index in [1.165, 1.54) is 20.5 Å². The minimum Gasteiger partial charge on any atom is -0.323 e. The molecular weight excluding hydrogens is 400 g/mol. The maximum Gasteiger partial charge on any atom is 0.326 e. The van der Waals surface area contributed by atoms with E-state index < -0.39 is 15.6 Å². The fraction of sp³-hybridized carbons (Fsp3) is 0.667. The van der Waals surface area contributed by atoms with E-state index >= 15 is 0 Å². The first-order chi connectivity index (χ1) is 13.3. The predicted molar refractivity (Wildman–Crippen MR) is 105 cm³/mol. The van der Waals surface area contributed by atoms with Crippen molar-refractivity contribution in [2.24, 2.45) is 5.92 Å². The van der Waals surface area contributed by atoms with Crippen LogP contribution in [0.25, 0.3) is 0 Å². The molecule has 3 aliphatic rings. The number of carbonyl (C=O) groups excluding carboxylic acids is 2. The quantitative estimate of drug-likeness (QED) is 0.737. The molecular formula is C18H26N4O4S2. The number of thiophene rings is 1. The number of piperazine rings is 1. The van der Waals surface area contributed by atoms with Crippen molar-refractivity contribution < 1.29 is 18.0 Å². The average Bonchev–Trinajstić information content (AvgIpc) is 3.30. The van der Waals surface area contributed by atoms with Gasteiger partial charge in [-0.3, -0.25) is 9.69 Å². The molecule has 0 bridgehead atoms. The Morgan fingerprint density at radius 3 is 2.61 bits per heavy atom. The fourth-order valence-electron chi connectivity index (χ4n) is 4.47. The van der Waals surface area contributed by atoms with Gasteiger partial charge in [-0.25, -0.2) is 18.1 Å². The minimum absolute atomic E-state index is 0.127. The third-order valence-electron chi connectivity index (χ3n) is 6.26. The summed E-state index contributed by atoms with van der Waals surface area (Å²) in [6.45, 7) is 3.94. The van der Waals surface area contributed by atoms with Crippen molar-refractivity contribution in [3.63, 3.8) is 0 Å². The lowest BCUT2D eigenvalue weighted by Gasteiger charge is -2.38. The first kappa shape index (κ1) is 19.8. The van der Waals surface area contributed by atoms with Gasteiger partial charge in [-0.15, -0.1) is 11.3 Å². The SMILES string of the molecule is CC1CCCCC12NC(=O)N(CN1CCN(S(=O)(=O)c3cccs3)CC1)C2=O. The van der Waals surface area contributed by atoms with Crippen LogP contribution in [0.2, 0.25) is 0 Å². The van der Waals surface area contributed by atoms with Gasteiger partial charge in [0.05, 0.1) is 6.67 Å². The van der Waals surface area contributed by atoms with E-state index in [9.17, 15) is 18.0 Å². The summed E-state index contributed by atoms with van der Waals surface area (Å²) >= 11 is 1.21. The summed E-state index contributed by atoms with van der Waals surface area (Å²) < 4.78 is 27.1. The number of amides is 3. The zero-order valence-electron chi connectivity index (χ0n) is 16.0. The molecule has 3 amide bonds. The first-order valence-corrected chi connectivity index (χ1v) is 12.1. The molecule has 4 rings (SSSR count). The van der Waals surface area contributed by atoms with Gasteiger partial charge in [0.25, 0.3) is 15.9 Å². The lowest BCUT2D eigenvalue weighted by atomic mass is 9.73. The van der Waals surface area contributed by atoms with Crippen molar-refractivity contribution in [1.82, 2.24) is 19.4 Å². The highest BCUT2D eigenvalue weighted by molar-refractivity contribution is 7.91. The molecule has 1 saturated carbocycles. The number of imide groups is 1. The zero-order valence-corrected chi connectivity index (χ0v) is 17.6. The van der Waals surface area contributed by atoms with Crippen molar-refractivity contribution in [3.8, 4) is 0 Å². The lowest BCUT2D eigenvalue weighted by Crippen LogP contribution is -2.55. The average molecular weight is 427 g/mol. The van der Waals surface area contributed by atoms with E-state index in [2.05, 4.69) is 5.32 Å². The van der Waals surface area contributed by atoms with Gasteiger partial charge < -0.3 is 5.32 Å². The molecule has 1 spiro atoms. The molecule has 8 nitrogen and oxygen atoms in total. The first-order valence-electron chi connectivity index (χ1n) is 9.75. The molecule has 2 aliphatic heterocycles. The summed E-state index contributed by atoms with van der Waals surface area (Å²) in [5.74, 6) is 0.00817. The molecule has 1 N–H and O–H groups in total. The second kappa shape index (κ2) is 7.40. The summed E-state index contributed by atoms with van der Waals surface area (Å²) in [5, 5.41) is 4.72. The van der Waals surface area contributed by atoms with Crippen molar-refractivity contribution >= 4 is 33.3 Å². The van der Waals surface area contributed by atoms with Gasteiger partial charge in [-0.05, 0) is 30.2 Å². The Kier molecular flexibility index (Phi) is 5.24. The maximum atomic E-state index is 13.1. The number of hydrogen-bond acceptors (Lipinski definition) is 6. The molecule has 3 heterocycles. The third kappa shape index (κ3) is 3.26. The molecule has 1 aliphatic carbocycles. The monoisotopic (exact) mass is 426 g/mol. The highest BCUT2D eigenvalue weighted by Crippen LogP contribution is 2.38. The van der Waals surface area contributed by atoms with Gasteiger partial charge >= 0.3 is 6.03 Å². The van der Waals surface area contributed by atoms with E-state index in [1.54, 1.807) is 17.5 Å². The molecule has 28 heavy (non-hydrogen) atoms. The van der Waals surface area contributed by atoms with Gasteiger partial charge in [-0.2, -0.15) is 4.31 Å². The van der Waals surface area contributed by atoms with Gasteiger partial charge in [0.2, 0.25) is 0 Å². The molecule has 1 aromatic heterocycles. The number of carbonyl (C=O) groups is 2. The molecule has 1 aromatic rings. The number of rotatable bonds is 4. The van der Waals surface area contributed by atoms with Crippen LogP contribution in [0.4, 0.5) is 4.79 Å². The maximum absolute atomic E-state index is 13.1. The molecule has 3 fully saturated rings. The topological polar surface area (TPSA) is 90.0 Å². The number of hydrogen-bond donors (Lipinski definition) is 1. The van der Waals surface area contributed by atoms with Crippen LogP contribution in [0.5, 0.6) is 0 Å². The Morgan fingerprint density at radius 2 is 1.96 bits per heavy atom. The van der Waals surface area contributed by atoms with Crippen LogP contribution in [0.3, 0.4) is 0 Å². The molecule has 2 saturated heterocycles. The van der Waals surface area contributed by atoms with E-state index in [0.717, 1.165) is 19.3 Å². The van der Waals surface area contributed by atoms with Crippen LogP contribution in [0.1, 0.15) is 32.6 Å². The summed E-state index contributed by atoms with van der Waals surface area (Å²) in [6.07, 6.45) is 3.68. The highest BCUT2D eigenvalue weighted by atomic mass is 32.2. The second-order valence-corrected chi connectivity index (χ2v) is 11.0. The normalized spacial score (nSPS) is 30.2. The van der Waals surface area contributed by atoms with Gasteiger partial charge in [-0.1, -0.05) is 25.8 Å². The van der Waals surface area contributed by atoms with Gasteiger partial charge in [0, 0.05) is 26.2 Å². The molecule has 0 radical (unpaired) electrons. The third-order valence-corrected chi connectivity index (χ3v) is 9.54. The fourth-order valence-corrected chi connectivity index (χ4v) is 7.04. The Bertz CT molecular complexity index is 849. The highest BCUT2D eigenvalue weighted by Gasteiger charge is 2.55. The zero-order chi connectivity index (χ0) is 19.9. The smallest absolute Gasteiger partial charge is 0.323 e. The standard InChI is InChI=1S/C18H26N4O4S2/c1-14-5-2-3-7-18(14)16(23)22(17(24)19-18)13-20-8-10-21(11-9-20)28(25,26)15-6-4-12-27-15/h4,6,12,14H,2-3,5,7-11,13H2,1H3,(H,19,24). The Balaban J connectivity index is 1.39. The molecule has 2 atom stereocenters. The largest absolute Gasteiger partial charge is 0.326 e. The number of nitrogens with one attached hydrogen (secondary N) is 1. The minimum atomic E-state index is -3.46. The summed E-state index contributed by atoms with van der Waals surface area (Å²) in [6, 6.07) is 3.02. The van der Waals surface area contributed by atoms with Crippen LogP contribution >= 0.6 is 11.3 Å². The van der Waals surface area contributed by atoms with Crippen LogP contribution < -0.4 is 5.32 Å². The summed E-state index contributed by atoms with van der Waals surface area (Å²) in [4.78, 5) is 28.9. The van der Waals surface area contributed by atoms with E-state index in [0.29, 0.717) is 36.8 Å². The number of urea groups is 1. The van der Waals surface area contributed by atoms with Crippen LogP contribution in [-0.4, -0.2) is 72.8 Å². The summed E-state index contributed by atoms with van der Waals surface area (Å²) in [7, 11) is -3.46. The van der Waals surface area contributed by atoms with E-state index in [1.807, 2.05) is 11.8 Å². The Hall–Kier alpha value is -1.49. The van der Waals surface area contributed by atoms with Crippen molar-refractivity contribution in [1.29, 1.82) is 0 Å². The molecule has 2 unspecified atom stereocenters. The predicted octanol–water partition coefficient (Wildman–Crippen LogP) is 1.51. The van der Waals surface area contributed by atoms with E-state index in [4.69, 9.17) is 0 Å². The summed E-state index contributed by atoms with van der Waals surface area (Å²) in [5.41, 5.74) is -0.750. The second-order valence-electron chi connectivity index (χ2n) is 7.88. The van der Waals surface area contributed by atoms with Gasteiger partial charge in [0.15, 0.2) is 0 Å². The van der Waals surface area contributed by atoms with Gasteiger partial charge in [0.1, 0.15) is 9.75 Å². The van der Waals surface area contributed by atoms with Crippen molar-refractivity contribution in [2.45, 2.75) is 42.4 Å².